The molecule has 0 aromatic heterocycles. The fourth-order valence-corrected chi connectivity index (χ4v) is 2.32. The number of amides is 1. The van der Waals surface area contributed by atoms with Crippen molar-refractivity contribution in [3.05, 3.63) is 30.1 Å². The first kappa shape index (κ1) is 20.9. The van der Waals surface area contributed by atoms with Crippen molar-refractivity contribution in [1.29, 1.82) is 0 Å². The first-order valence-electron chi connectivity index (χ1n) is 6.65. The standard InChI is InChI=1S/C14H20FN3O2.2ClH/c1-20-10-13(16)14(19)18-8-6-17(7-9-18)12-4-2-11(15)3-5-12;;/h2-5,13H,6-10,16H2,1H3;2*1H. The predicted molar refractivity (Wildman–Crippen MR) is 89.5 cm³/mol. The Kier molecular flexibility index (Phi) is 9.36. The van der Waals surface area contributed by atoms with Crippen molar-refractivity contribution in [2.45, 2.75) is 6.04 Å². The van der Waals surface area contributed by atoms with Crippen LogP contribution in [0.25, 0.3) is 0 Å². The molecule has 1 fully saturated rings. The number of anilines is 1. The summed E-state index contributed by atoms with van der Waals surface area (Å²) in [5, 5.41) is 0. The predicted octanol–water partition coefficient (Wildman–Crippen LogP) is 1.29. The Hall–Kier alpha value is -1.08. The lowest BCUT2D eigenvalue weighted by molar-refractivity contribution is -0.134. The Bertz CT molecular complexity index is 454. The van der Waals surface area contributed by atoms with Crippen LogP contribution in [0, 0.1) is 5.82 Å². The van der Waals surface area contributed by atoms with Crippen LogP contribution in [-0.2, 0) is 9.53 Å². The lowest BCUT2D eigenvalue weighted by Gasteiger charge is -2.37. The maximum atomic E-state index is 12.9. The lowest BCUT2D eigenvalue weighted by atomic mass is 10.2. The van der Waals surface area contributed by atoms with E-state index in [1.807, 2.05) is 0 Å². The second-order valence-corrected chi connectivity index (χ2v) is 4.85. The van der Waals surface area contributed by atoms with Gasteiger partial charge in [-0.2, -0.15) is 0 Å². The second-order valence-electron chi connectivity index (χ2n) is 4.85. The lowest BCUT2D eigenvalue weighted by Crippen LogP contribution is -2.54. The number of hydrogen-bond acceptors (Lipinski definition) is 4. The summed E-state index contributed by atoms with van der Waals surface area (Å²) < 4.78 is 17.8. The number of piperazine rings is 1. The molecule has 22 heavy (non-hydrogen) atoms. The number of ether oxygens (including phenoxy) is 1. The molecule has 126 valence electrons. The topological polar surface area (TPSA) is 58.8 Å². The summed E-state index contributed by atoms with van der Waals surface area (Å²) in [6.45, 7) is 2.91. The molecule has 1 heterocycles. The number of carbonyl (C=O) groups excluding carboxylic acids is 1. The third-order valence-corrected chi connectivity index (χ3v) is 3.45. The van der Waals surface area contributed by atoms with Crippen molar-refractivity contribution in [2.75, 3.05) is 44.8 Å². The third-order valence-electron chi connectivity index (χ3n) is 3.45. The largest absolute Gasteiger partial charge is 0.383 e. The summed E-state index contributed by atoms with van der Waals surface area (Å²) in [4.78, 5) is 15.9. The molecule has 0 radical (unpaired) electrons. The van der Waals surface area contributed by atoms with Crippen LogP contribution >= 0.6 is 24.8 Å². The Morgan fingerprint density at radius 2 is 1.77 bits per heavy atom. The van der Waals surface area contributed by atoms with Gasteiger partial charge in [-0.3, -0.25) is 4.79 Å². The highest BCUT2D eigenvalue weighted by atomic mass is 35.5. The van der Waals surface area contributed by atoms with Crippen molar-refractivity contribution >= 4 is 36.4 Å². The van der Waals surface area contributed by atoms with E-state index in [0.717, 1.165) is 18.8 Å². The molecule has 8 heteroatoms. The van der Waals surface area contributed by atoms with E-state index in [-0.39, 0.29) is 43.1 Å². The maximum absolute atomic E-state index is 12.9. The Balaban J connectivity index is 0.00000220. The van der Waals surface area contributed by atoms with Gasteiger partial charge in [0.2, 0.25) is 5.91 Å². The Morgan fingerprint density at radius 1 is 1.23 bits per heavy atom. The summed E-state index contributed by atoms with van der Waals surface area (Å²) in [5.74, 6) is -0.321. The molecular weight excluding hydrogens is 332 g/mol. The van der Waals surface area contributed by atoms with Crippen molar-refractivity contribution in [3.63, 3.8) is 0 Å². The van der Waals surface area contributed by atoms with E-state index in [1.54, 1.807) is 17.0 Å². The molecule has 0 aliphatic carbocycles. The highest BCUT2D eigenvalue weighted by Gasteiger charge is 2.25. The molecule has 0 saturated carbocycles. The number of methoxy groups -OCH3 is 1. The minimum atomic E-state index is -0.600. The summed E-state index contributed by atoms with van der Waals surface area (Å²) in [7, 11) is 1.53. The van der Waals surface area contributed by atoms with E-state index in [2.05, 4.69) is 4.90 Å². The van der Waals surface area contributed by atoms with Crippen LogP contribution in [0.2, 0.25) is 0 Å². The van der Waals surface area contributed by atoms with Crippen molar-refractivity contribution < 1.29 is 13.9 Å². The van der Waals surface area contributed by atoms with Crippen LogP contribution in [0.5, 0.6) is 0 Å². The van der Waals surface area contributed by atoms with E-state index in [1.165, 1.54) is 19.2 Å². The zero-order valence-corrected chi connectivity index (χ0v) is 14.0. The SMILES string of the molecule is COCC(N)C(=O)N1CCN(c2ccc(F)cc2)CC1.Cl.Cl. The molecule has 2 N–H and O–H groups in total. The van der Waals surface area contributed by atoms with Gasteiger partial charge in [0, 0.05) is 39.0 Å². The van der Waals surface area contributed by atoms with Crippen LogP contribution in [0.3, 0.4) is 0 Å². The summed E-state index contributed by atoms with van der Waals surface area (Å²) in [6, 6.07) is 5.80. The monoisotopic (exact) mass is 353 g/mol. The van der Waals surface area contributed by atoms with Crippen LogP contribution in [0.4, 0.5) is 10.1 Å². The van der Waals surface area contributed by atoms with Gasteiger partial charge in [-0.15, -0.1) is 24.8 Å². The number of carbonyl (C=O) groups is 1. The molecule has 0 bridgehead atoms. The Labute approximate surface area is 142 Å². The highest BCUT2D eigenvalue weighted by molar-refractivity contribution is 5.85. The van der Waals surface area contributed by atoms with Crippen LogP contribution in [-0.4, -0.2) is 56.7 Å². The average molecular weight is 354 g/mol. The molecule has 1 aromatic carbocycles. The zero-order valence-electron chi connectivity index (χ0n) is 12.4. The molecule has 0 spiro atoms. The van der Waals surface area contributed by atoms with E-state index in [0.29, 0.717) is 13.1 Å². The molecule has 1 aromatic rings. The number of nitrogens with two attached hydrogens (primary N) is 1. The highest BCUT2D eigenvalue weighted by Crippen LogP contribution is 2.17. The van der Waals surface area contributed by atoms with Gasteiger partial charge in [-0.25, -0.2) is 4.39 Å². The number of nitrogens with zero attached hydrogens (tertiary/aromatic N) is 2. The van der Waals surface area contributed by atoms with Gasteiger partial charge < -0.3 is 20.3 Å². The first-order valence-corrected chi connectivity index (χ1v) is 6.65. The molecule has 1 aliphatic rings. The smallest absolute Gasteiger partial charge is 0.241 e. The summed E-state index contributed by atoms with van der Waals surface area (Å²) >= 11 is 0. The average Bonchev–Trinajstić information content (AvgIpc) is 2.48. The number of rotatable bonds is 4. The molecule has 5 nitrogen and oxygen atoms in total. The second kappa shape index (κ2) is 9.84. The van der Waals surface area contributed by atoms with Crippen molar-refractivity contribution in [1.82, 2.24) is 4.90 Å². The summed E-state index contributed by atoms with van der Waals surface area (Å²) in [6.07, 6.45) is 0. The van der Waals surface area contributed by atoms with Crippen molar-refractivity contribution in [3.8, 4) is 0 Å². The molecule has 1 aliphatic heterocycles. The fraction of sp³-hybridized carbons (Fsp3) is 0.500. The van der Waals surface area contributed by atoms with Crippen LogP contribution < -0.4 is 10.6 Å². The number of benzene rings is 1. The molecule has 1 amide bonds. The van der Waals surface area contributed by atoms with Crippen molar-refractivity contribution in [2.24, 2.45) is 5.73 Å². The van der Waals surface area contributed by atoms with Crippen LogP contribution in [0.15, 0.2) is 24.3 Å². The minimum Gasteiger partial charge on any atom is -0.383 e. The molecule has 1 atom stereocenters. The van der Waals surface area contributed by atoms with E-state index >= 15 is 0 Å². The van der Waals surface area contributed by atoms with E-state index in [9.17, 15) is 9.18 Å². The zero-order chi connectivity index (χ0) is 14.5. The van der Waals surface area contributed by atoms with Gasteiger partial charge in [0.15, 0.2) is 0 Å². The maximum Gasteiger partial charge on any atom is 0.241 e. The van der Waals surface area contributed by atoms with Gasteiger partial charge in [0.1, 0.15) is 11.9 Å². The number of hydrogen-bond donors (Lipinski definition) is 1. The van der Waals surface area contributed by atoms with Gasteiger partial charge in [0.25, 0.3) is 0 Å². The van der Waals surface area contributed by atoms with Gasteiger partial charge >= 0.3 is 0 Å². The molecule has 1 unspecified atom stereocenters. The minimum absolute atomic E-state index is 0. The van der Waals surface area contributed by atoms with E-state index < -0.39 is 6.04 Å². The van der Waals surface area contributed by atoms with Crippen LogP contribution in [0.1, 0.15) is 0 Å². The van der Waals surface area contributed by atoms with Gasteiger partial charge in [-0.1, -0.05) is 0 Å². The quantitative estimate of drug-likeness (QED) is 0.885. The number of halogens is 3. The molecule has 1 saturated heterocycles. The normalized spacial score (nSPS) is 15.6. The Morgan fingerprint density at radius 3 is 2.27 bits per heavy atom. The first-order chi connectivity index (χ1) is 9.61. The van der Waals surface area contributed by atoms with Gasteiger partial charge in [0.05, 0.1) is 6.61 Å². The van der Waals surface area contributed by atoms with Gasteiger partial charge in [-0.05, 0) is 24.3 Å². The third kappa shape index (κ3) is 5.28. The fourth-order valence-electron chi connectivity index (χ4n) is 2.32. The van der Waals surface area contributed by atoms with E-state index in [4.69, 9.17) is 10.5 Å². The summed E-state index contributed by atoms with van der Waals surface area (Å²) in [5.41, 5.74) is 6.72. The molecular formula is C14H22Cl2FN3O2. The molecule has 2 rings (SSSR count).